The Morgan fingerprint density at radius 2 is 2.26 bits per heavy atom. The number of nitrogens with zero attached hydrogens (tertiary/aromatic N) is 3. The number of aliphatic hydroxyl groups excluding tert-OH is 1. The zero-order valence-corrected chi connectivity index (χ0v) is 17.8. The lowest BCUT2D eigenvalue weighted by Gasteiger charge is -2.22. The van der Waals surface area contributed by atoms with Crippen LogP contribution in [0.5, 0.6) is 0 Å². The Morgan fingerprint density at radius 3 is 2.78 bits per heavy atom. The van der Waals surface area contributed by atoms with Gasteiger partial charge in [0.05, 0.1) is 21.6 Å². The highest BCUT2D eigenvalue weighted by atomic mass is 127. The van der Waals surface area contributed by atoms with E-state index in [0.29, 0.717) is 23.4 Å². The summed E-state index contributed by atoms with van der Waals surface area (Å²) in [6.07, 6.45) is -0.607. The minimum absolute atomic E-state index is 0. The Balaban J connectivity index is 0.00000264. The predicted octanol–water partition coefficient (Wildman–Crippen LogP) is 3.53. The van der Waals surface area contributed by atoms with Crippen molar-refractivity contribution in [2.24, 2.45) is 4.99 Å². The van der Waals surface area contributed by atoms with Crippen molar-refractivity contribution in [1.82, 2.24) is 15.2 Å². The molecule has 0 saturated heterocycles. The van der Waals surface area contributed by atoms with Gasteiger partial charge in [-0.1, -0.05) is 11.6 Å². The SMILES string of the molecule is CN=C(NCC(O)c1ccc(Cl)s1)N(C)Cc1csc(C)n1.I. The Hall–Kier alpha value is -0.420. The maximum Gasteiger partial charge on any atom is 0.193 e. The molecule has 1 atom stereocenters. The minimum atomic E-state index is -0.607. The molecule has 0 radical (unpaired) electrons. The summed E-state index contributed by atoms with van der Waals surface area (Å²) in [5, 5.41) is 16.4. The van der Waals surface area contributed by atoms with E-state index in [9.17, 15) is 5.11 Å². The van der Waals surface area contributed by atoms with E-state index < -0.39 is 6.10 Å². The number of aliphatic imine (C=N–C) groups is 1. The molecule has 23 heavy (non-hydrogen) atoms. The normalized spacial score (nSPS) is 12.7. The van der Waals surface area contributed by atoms with Crippen molar-refractivity contribution >= 4 is 64.2 Å². The quantitative estimate of drug-likeness (QED) is 0.386. The summed E-state index contributed by atoms with van der Waals surface area (Å²) in [5.41, 5.74) is 1.01. The first-order valence-corrected chi connectivity index (χ1v) is 8.83. The van der Waals surface area contributed by atoms with Crippen LogP contribution in [0, 0.1) is 6.92 Å². The summed E-state index contributed by atoms with van der Waals surface area (Å²) in [6, 6.07) is 3.63. The van der Waals surface area contributed by atoms with E-state index in [4.69, 9.17) is 11.6 Å². The molecule has 0 aromatic carbocycles. The van der Waals surface area contributed by atoms with Crippen LogP contribution in [-0.2, 0) is 6.54 Å². The maximum absolute atomic E-state index is 10.2. The van der Waals surface area contributed by atoms with Gasteiger partial charge in [-0.3, -0.25) is 4.99 Å². The highest BCUT2D eigenvalue weighted by Crippen LogP contribution is 2.26. The number of hydrogen-bond acceptors (Lipinski definition) is 5. The summed E-state index contributed by atoms with van der Waals surface area (Å²) in [6.45, 7) is 3.04. The molecule has 5 nitrogen and oxygen atoms in total. The number of thiophene rings is 1. The standard InChI is InChI=1S/C14H19ClN4OS2.HI/c1-9-18-10(8-21-9)7-19(3)14(16-2)17-6-11(20)12-4-5-13(15)22-12;/h4-5,8,11,20H,6-7H2,1-3H3,(H,16,17);1H. The number of aliphatic hydroxyl groups is 1. The van der Waals surface area contributed by atoms with Gasteiger partial charge in [-0.2, -0.15) is 0 Å². The van der Waals surface area contributed by atoms with Crippen LogP contribution in [0.2, 0.25) is 4.34 Å². The first kappa shape index (κ1) is 20.6. The van der Waals surface area contributed by atoms with Gasteiger partial charge in [0.2, 0.25) is 0 Å². The molecular weight excluding hydrogens is 467 g/mol. The van der Waals surface area contributed by atoms with Crippen molar-refractivity contribution in [3.63, 3.8) is 0 Å². The second-order valence-electron chi connectivity index (χ2n) is 4.80. The molecule has 2 heterocycles. The van der Waals surface area contributed by atoms with Crippen LogP contribution in [0.1, 0.15) is 21.7 Å². The van der Waals surface area contributed by atoms with Crippen molar-refractivity contribution in [3.8, 4) is 0 Å². The number of halogens is 2. The first-order valence-electron chi connectivity index (χ1n) is 6.75. The van der Waals surface area contributed by atoms with E-state index in [0.717, 1.165) is 15.6 Å². The number of hydrogen-bond donors (Lipinski definition) is 2. The highest BCUT2D eigenvalue weighted by Gasteiger charge is 2.13. The molecule has 0 spiro atoms. The largest absolute Gasteiger partial charge is 0.386 e. The molecule has 0 aliphatic heterocycles. The van der Waals surface area contributed by atoms with Gasteiger partial charge in [-0.25, -0.2) is 4.98 Å². The third-order valence-corrected chi connectivity index (χ3v) is 5.17. The summed E-state index contributed by atoms with van der Waals surface area (Å²) in [7, 11) is 3.66. The number of nitrogens with one attached hydrogen (secondary N) is 1. The molecule has 2 rings (SSSR count). The van der Waals surface area contributed by atoms with Crippen LogP contribution < -0.4 is 5.32 Å². The molecule has 0 saturated carbocycles. The van der Waals surface area contributed by atoms with E-state index in [-0.39, 0.29) is 24.0 Å². The van der Waals surface area contributed by atoms with E-state index >= 15 is 0 Å². The number of aromatic nitrogens is 1. The van der Waals surface area contributed by atoms with Crippen LogP contribution in [0.25, 0.3) is 0 Å². The third-order valence-electron chi connectivity index (χ3n) is 3.02. The lowest BCUT2D eigenvalue weighted by Crippen LogP contribution is -2.40. The van der Waals surface area contributed by atoms with Crippen LogP contribution in [-0.4, -0.2) is 41.6 Å². The van der Waals surface area contributed by atoms with E-state index in [2.05, 4.69) is 15.3 Å². The molecule has 0 fully saturated rings. The molecular formula is C14H20ClIN4OS2. The molecule has 1 unspecified atom stereocenters. The molecule has 2 N–H and O–H groups in total. The van der Waals surface area contributed by atoms with E-state index in [1.54, 1.807) is 24.5 Å². The van der Waals surface area contributed by atoms with Gasteiger partial charge in [0.25, 0.3) is 0 Å². The minimum Gasteiger partial charge on any atom is -0.386 e. The Kier molecular flexibility index (Phi) is 8.76. The molecule has 2 aromatic rings. The second-order valence-corrected chi connectivity index (χ2v) is 7.61. The van der Waals surface area contributed by atoms with Crippen molar-refractivity contribution in [2.45, 2.75) is 19.6 Å². The van der Waals surface area contributed by atoms with E-state index in [1.165, 1.54) is 11.3 Å². The summed E-state index contributed by atoms with van der Waals surface area (Å²) in [5.74, 6) is 0.715. The number of rotatable bonds is 5. The van der Waals surface area contributed by atoms with Crippen LogP contribution in [0.3, 0.4) is 0 Å². The van der Waals surface area contributed by atoms with Crippen LogP contribution >= 0.6 is 58.3 Å². The van der Waals surface area contributed by atoms with E-state index in [1.807, 2.05) is 30.3 Å². The average Bonchev–Trinajstić information content (AvgIpc) is 3.08. The zero-order valence-electron chi connectivity index (χ0n) is 13.1. The van der Waals surface area contributed by atoms with Crippen molar-refractivity contribution in [3.05, 3.63) is 37.4 Å². The molecule has 9 heteroatoms. The molecule has 2 aromatic heterocycles. The first-order chi connectivity index (χ1) is 10.5. The maximum atomic E-state index is 10.2. The number of aryl methyl sites for hydroxylation is 1. The average molecular weight is 487 g/mol. The van der Waals surface area contributed by atoms with Gasteiger partial charge < -0.3 is 15.3 Å². The monoisotopic (exact) mass is 486 g/mol. The summed E-state index contributed by atoms with van der Waals surface area (Å²) in [4.78, 5) is 11.5. The lowest BCUT2D eigenvalue weighted by molar-refractivity contribution is 0.183. The number of thiazole rings is 1. The fourth-order valence-electron chi connectivity index (χ4n) is 1.98. The van der Waals surface area contributed by atoms with Crippen molar-refractivity contribution < 1.29 is 5.11 Å². The smallest absolute Gasteiger partial charge is 0.193 e. The topological polar surface area (TPSA) is 60.8 Å². The molecule has 0 bridgehead atoms. The second kappa shape index (κ2) is 9.77. The fraction of sp³-hybridized carbons (Fsp3) is 0.429. The predicted molar refractivity (Wildman–Crippen MR) is 109 cm³/mol. The van der Waals surface area contributed by atoms with Gasteiger partial charge >= 0.3 is 0 Å². The Labute approximate surface area is 166 Å². The fourth-order valence-corrected chi connectivity index (χ4v) is 3.63. The van der Waals surface area contributed by atoms with Crippen molar-refractivity contribution in [2.75, 3.05) is 20.6 Å². The molecule has 0 amide bonds. The Bertz CT molecular complexity index is 646. The third kappa shape index (κ3) is 6.18. The highest BCUT2D eigenvalue weighted by molar-refractivity contribution is 14.0. The van der Waals surface area contributed by atoms with Gasteiger partial charge in [-0.15, -0.1) is 46.7 Å². The molecule has 128 valence electrons. The molecule has 0 aliphatic carbocycles. The van der Waals surface area contributed by atoms with Crippen molar-refractivity contribution in [1.29, 1.82) is 0 Å². The van der Waals surface area contributed by atoms with Gasteiger partial charge in [-0.05, 0) is 19.1 Å². The number of guanidine groups is 1. The lowest BCUT2D eigenvalue weighted by atomic mass is 10.3. The van der Waals surface area contributed by atoms with Crippen LogP contribution in [0.15, 0.2) is 22.5 Å². The summed E-state index contributed by atoms with van der Waals surface area (Å²) >= 11 is 8.90. The zero-order chi connectivity index (χ0) is 16.1. The van der Waals surface area contributed by atoms with Crippen LogP contribution in [0.4, 0.5) is 0 Å². The Morgan fingerprint density at radius 1 is 1.52 bits per heavy atom. The summed E-state index contributed by atoms with van der Waals surface area (Å²) < 4.78 is 0.675. The van der Waals surface area contributed by atoms with Gasteiger partial charge in [0.15, 0.2) is 5.96 Å². The molecule has 0 aliphatic rings. The van der Waals surface area contributed by atoms with Gasteiger partial charge in [0, 0.05) is 30.9 Å². The van der Waals surface area contributed by atoms with Gasteiger partial charge in [0.1, 0.15) is 6.10 Å².